The number of nitrogens with one attached hydrogen (secondary N) is 1. The third kappa shape index (κ3) is 2.73. The van der Waals surface area contributed by atoms with Crippen molar-refractivity contribution < 1.29 is 4.74 Å². The van der Waals surface area contributed by atoms with Crippen molar-refractivity contribution in [2.75, 3.05) is 13.7 Å². The zero-order valence-electron chi connectivity index (χ0n) is 12.4. The second-order valence-electron chi connectivity index (χ2n) is 6.98. The average Bonchev–Trinajstić information content (AvgIpc) is 2.27. The summed E-state index contributed by atoms with van der Waals surface area (Å²) in [7, 11) is 1.81. The quantitative estimate of drug-likeness (QED) is 0.808. The number of ether oxygens (including phenoxy) is 1. The molecule has 2 aliphatic rings. The molecule has 3 unspecified atom stereocenters. The summed E-state index contributed by atoms with van der Waals surface area (Å²) in [6, 6.07) is 1.06. The van der Waals surface area contributed by atoms with Crippen molar-refractivity contribution in [3.8, 4) is 0 Å². The molecule has 0 saturated heterocycles. The van der Waals surface area contributed by atoms with Crippen LogP contribution in [-0.2, 0) is 4.74 Å². The van der Waals surface area contributed by atoms with Crippen LogP contribution in [0.2, 0.25) is 0 Å². The van der Waals surface area contributed by atoms with E-state index in [0.717, 1.165) is 12.5 Å². The summed E-state index contributed by atoms with van der Waals surface area (Å²) in [5, 5.41) is 3.72. The highest BCUT2D eigenvalue weighted by molar-refractivity contribution is 4.95. The van der Waals surface area contributed by atoms with Crippen LogP contribution in [0.4, 0.5) is 0 Å². The first kappa shape index (κ1) is 14.3. The molecule has 0 spiro atoms. The number of nitrogens with two attached hydrogens (primary N) is 1. The first-order valence-corrected chi connectivity index (χ1v) is 7.47. The lowest BCUT2D eigenvalue weighted by molar-refractivity contribution is 0.00713. The summed E-state index contributed by atoms with van der Waals surface area (Å²) in [6.45, 7) is 8.25. The summed E-state index contributed by atoms with van der Waals surface area (Å²) >= 11 is 0. The minimum atomic E-state index is 0.356. The predicted octanol–water partition coefficient (Wildman–Crippen LogP) is 2.15. The number of methoxy groups -OCH3 is 1. The van der Waals surface area contributed by atoms with Crippen molar-refractivity contribution in [2.45, 2.75) is 64.6 Å². The molecule has 0 heterocycles. The number of rotatable bonds is 4. The van der Waals surface area contributed by atoms with Crippen molar-refractivity contribution in [3.63, 3.8) is 0 Å². The predicted molar refractivity (Wildman–Crippen MR) is 75.5 cm³/mol. The van der Waals surface area contributed by atoms with Gasteiger partial charge in [-0.25, -0.2) is 0 Å². The molecule has 0 aromatic carbocycles. The van der Waals surface area contributed by atoms with Gasteiger partial charge in [0.2, 0.25) is 0 Å². The third-order valence-electron chi connectivity index (χ3n) is 5.80. The molecule has 2 rings (SSSR count). The maximum Gasteiger partial charge on any atom is 0.0601 e. The Bertz CT molecular complexity index is 274. The second-order valence-corrected chi connectivity index (χ2v) is 6.98. The van der Waals surface area contributed by atoms with Crippen LogP contribution in [0, 0.1) is 17.3 Å². The molecule has 0 aromatic rings. The monoisotopic (exact) mass is 254 g/mol. The van der Waals surface area contributed by atoms with Gasteiger partial charge < -0.3 is 15.8 Å². The van der Waals surface area contributed by atoms with Crippen LogP contribution < -0.4 is 11.1 Å². The SMILES string of the molecule is COC1CC(NCC2CCC(N)C(C)C2(C)C)C1. The first-order chi connectivity index (χ1) is 8.45. The molecule has 0 aromatic heterocycles. The fourth-order valence-electron chi connectivity index (χ4n) is 3.54. The largest absolute Gasteiger partial charge is 0.381 e. The van der Waals surface area contributed by atoms with Gasteiger partial charge in [0.25, 0.3) is 0 Å². The molecule has 18 heavy (non-hydrogen) atoms. The average molecular weight is 254 g/mol. The molecule has 2 aliphatic carbocycles. The molecule has 3 heteroatoms. The van der Waals surface area contributed by atoms with Crippen LogP contribution in [0.15, 0.2) is 0 Å². The lowest BCUT2D eigenvalue weighted by Crippen LogP contribution is -2.52. The van der Waals surface area contributed by atoms with Gasteiger partial charge in [-0.1, -0.05) is 20.8 Å². The zero-order chi connectivity index (χ0) is 13.3. The van der Waals surface area contributed by atoms with Crippen LogP contribution in [0.1, 0.15) is 46.5 Å². The van der Waals surface area contributed by atoms with Crippen molar-refractivity contribution in [1.82, 2.24) is 5.32 Å². The van der Waals surface area contributed by atoms with Crippen molar-refractivity contribution in [2.24, 2.45) is 23.0 Å². The van der Waals surface area contributed by atoms with Gasteiger partial charge in [0, 0.05) is 19.2 Å². The van der Waals surface area contributed by atoms with Crippen LogP contribution in [-0.4, -0.2) is 31.8 Å². The van der Waals surface area contributed by atoms with E-state index in [1.165, 1.54) is 25.7 Å². The normalized spacial score (nSPS) is 43.5. The van der Waals surface area contributed by atoms with Crippen molar-refractivity contribution in [3.05, 3.63) is 0 Å². The van der Waals surface area contributed by atoms with Gasteiger partial charge in [-0.05, 0) is 49.5 Å². The molecular weight excluding hydrogens is 224 g/mol. The lowest BCUT2D eigenvalue weighted by Gasteiger charge is -2.48. The molecule has 3 atom stereocenters. The maximum atomic E-state index is 6.21. The van der Waals surface area contributed by atoms with E-state index in [0.29, 0.717) is 29.5 Å². The van der Waals surface area contributed by atoms with Crippen LogP contribution in [0.5, 0.6) is 0 Å². The lowest BCUT2D eigenvalue weighted by atomic mass is 9.61. The molecule has 2 saturated carbocycles. The fourth-order valence-corrected chi connectivity index (χ4v) is 3.54. The summed E-state index contributed by atoms with van der Waals surface area (Å²) in [4.78, 5) is 0. The topological polar surface area (TPSA) is 47.3 Å². The van der Waals surface area contributed by atoms with Gasteiger partial charge in [0.05, 0.1) is 6.10 Å². The molecule has 3 nitrogen and oxygen atoms in total. The van der Waals surface area contributed by atoms with Gasteiger partial charge >= 0.3 is 0 Å². The van der Waals surface area contributed by atoms with E-state index >= 15 is 0 Å². The molecule has 0 amide bonds. The van der Waals surface area contributed by atoms with Crippen LogP contribution in [0.25, 0.3) is 0 Å². The molecule has 3 N–H and O–H groups in total. The van der Waals surface area contributed by atoms with Gasteiger partial charge in [-0.3, -0.25) is 0 Å². The van der Waals surface area contributed by atoms with Gasteiger partial charge in [0.1, 0.15) is 0 Å². The second kappa shape index (κ2) is 5.48. The molecule has 2 fully saturated rings. The van der Waals surface area contributed by atoms with E-state index in [2.05, 4.69) is 26.1 Å². The van der Waals surface area contributed by atoms with Crippen molar-refractivity contribution in [1.29, 1.82) is 0 Å². The van der Waals surface area contributed by atoms with Crippen LogP contribution in [0.3, 0.4) is 0 Å². The van der Waals surface area contributed by atoms with Gasteiger partial charge in [-0.15, -0.1) is 0 Å². The van der Waals surface area contributed by atoms with Gasteiger partial charge in [-0.2, -0.15) is 0 Å². The number of hydrogen-bond donors (Lipinski definition) is 2. The van der Waals surface area contributed by atoms with Crippen LogP contribution >= 0.6 is 0 Å². The highest BCUT2D eigenvalue weighted by Gasteiger charge is 2.41. The highest BCUT2D eigenvalue weighted by atomic mass is 16.5. The highest BCUT2D eigenvalue weighted by Crippen LogP contribution is 2.44. The molecule has 0 radical (unpaired) electrons. The smallest absolute Gasteiger partial charge is 0.0601 e. The van der Waals surface area contributed by atoms with E-state index in [4.69, 9.17) is 10.5 Å². The van der Waals surface area contributed by atoms with E-state index in [1.54, 1.807) is 0 Å². The van der Waals surface area contributed by atoms with E-state index in [-0.39, 0.29) is 0 Å². The Labute approximate surface area is 112 Å². The van der Waals surface area contributed by atoms with Crippen molar-refractivity contribution >= 4 is 0 Å². The Kier molecular flexibility index (Phi) is 4.35. The molecule has 0 aliphatic heterocycles. The summed E-state index contributed by atoms with van der Waals surface area (Å²) in [6.07, 6.45) is 5.31. The standard InChI is InChI=1S/C15H30N2O/c1-10-14(16)6-5-11(15(10,2)3)9-17-12-7-13(8-12)18-4/h10-14,17H,5-9,16H2,1-4H3. The number of hydrogen-bond acceptors (Lipinski definition) is 3. The first-order valence-electron chi connectivity index (χ1n) is 7.47. The molecule has 0 bridgehead atoms. The summed E-state index contributed by atoms with van der Waals surface area (Å²) < 4.78 is 5.32. The Morgan fingerprint density at radius 1 is 1.28 bits per heavy atom. The summed E-state index contributed by atoms with van der Waals surface area (Å²) in [5.41, 5.74) is 6.56. The van der Waals surface area contributed by atoms with Gasteiger partial charge in [0.15, 0.2) is 0 Å². The minimum absolute atomic E-state index is 0.356. The summed E-state index contributed by atoms with van der Waals surface area (Å²) in [5.74, 6) is 1.38. The van der Waals surface area contributed by atoms with E-state index < -0.39 is 0 Å². The zero-order valence-corrected chi connectivity index (χ0v) is 12.4. The van der Waals surface area contributed by atoms with E-state index in [9.17, 15) is 0 Å². The maximum absolute atomic E-state index is 6.21. The Morgan fingerprint density at radius 3 is 2.56 bits per heavy atom. The van der Waals surface area contributed by atoms with E-state index in [1.807, 2.05) is 7.11 Å². The Hall–Kier alpha value is -0.120. The fraction of sp³-hybridized carbons (Fsp3) is 1.00. The Morgan fingerprint density at radius 2 is 1.94 bits per heavy atom. The molecule has 106 valence electrons. The minimum Gasteiger partial charge on any atom is -0.381 e. The molecular formula is C15H30N2O. The Balaban J connectivity index is 1.79. The third-order valence-corrected chi connectivity index (χ3v) is 5.80.